The molecule has 0 saturated carbocycles. The van der Waals surface area contributed by atoms with Gasteiger partial charge in [-0.3, -0.25) is 9.59 Å². The number of rotatable bonds is 15. The number of fused-ring (bicyclic) bond motifs is 1. The molecular weight excluding hydrogens is 597 g/mol. The van der Waals surface area contributed by atoms with Crippen LogP contribution in [-0.2, 0) is 14.3 Å². The van der Waals surface area contributed by atoms with Crippen LogP contribution in [0.25, 0.3) is 28.1 Å². The summed E-state index contributed by atoms with van der Waals surface area (Å²) < 4.78 is 27.6. The van der Waals surface area contributed by atoms with E-state index in [-0.39, 0.29) is 18.3 Å². The summed E-state index contributed by atoms with van der Waals surface area (Å²) in [5.74, 6) is -1.17. The van der Waals surface area contributed by atoms with Crippen LogP contribution in [0.1, 0.15) is 76.2 Å². The predicted octanol–water partition coefficient (Wildman–Crippen LogP) is 8.68. The summed E-state index contributed by atoms with van der Waals surface area (Å²) in [5.41, 5.74) is 4.80. The number of halogens is 1. The molecule has 1 heterocycles. The van der Waals surface area contributed by atoms with Crippen molar-refractivity contribution < 1.29 is 33.7 Å². The molecule has 8 heteroatoms. The Kier molecular flexibility index (Phi) is 11.6. The van der Waals surface area contributed by atoms with Gasteiger partial charge in [-0.2, -0.15) is 0 Å². The number of benzene rings is 3. The molecule has 0 unspecified atom stereocenters. The van der Waals surface area contributed by atoms with Crippen molar-refractivity contribution in [3.05, 3.63) is 95.4 Å². The maximum absolute atomic E-state index is 13.8. The van der Waals surface area contributed by atoms with Crippen LogP contribution in [0.4, 0.5) is 4.39 Å². The van der Waals surface area contributed by atoms with Crippen molar-refractivity contribution in [3.63, 3.8) is 0 Å². The van der Waals surface area contributed by atoms with Gasteiger partial charge in [0.1, 0.15) is 17.7 Å². The van der Waals surface area contributed by atoms with Gasteiger partial charge in [0.05, 0.1) is 24.5 Å². The normalized spacial score (nSPS) is 13.3. The van der Waals surface area contributed by atoms with Crippen molar-refractivity contribution in [3.8, 4) is 16.9 Å². The van der Waals surface area contributed by atoms with Crippen LogP contribution in [0.15, 0.2) is 72.8 Å². The van der Waals surface area contributed by atoms with Gasteiger partial charge in [0, 0.05) is 34.6 Å². The summed E-state index contributed by atoms with van der Waals surface area (Å²) in [4.78, 5) is 24.9. The topological polar surface area (TPSA) is 98.0 Å². The summed E-state index contributed by atoms with van der Waals surface area (Å²) in [6, 6.07) is 20.3. The smallest absolute Gasteiger partial charge is 0.311 e. The molecular formula is C39H46FNO6. The Bertz CT molecular complexity index is 1720. The second-order valence-electron chi connectivity index (χ2n) is 13.1. The number of carbonyl (C=O) groups excluding carboxylic acids is 1. The lowest BCUT2D eigenvalue weighted by molar-refractivity contribution is -0.163. The van der Waals surface area contributed by atoms with Crippen molar-refractivity contribution >= 4 is 28.9 Å². The molecule has 4 aromatic rings. The molecule has 3 aromatic carbocycles. The van der Waals surface area contributed by atoms with E-state index >= 15 is 0 Å². The fourth-order valence-electron chi connectivity index (χ4n) is 5.81. The number of ether oxygens (including phenoxy) is 2. The van der Waals surface area contributed by atoms with Gasteiger partial charge in [0.25, 0.3) is 0 Å². The van der Waals surface area contributed by atoms with Gasteiger partial charge in [0.15, 0.2) is 0 Å². The number of aliphatic hydroxyl groups excluding tert-OH is 1. The highest BCUT2D eigenvalue weighted by Gasteiger charge is 2.32. The van der Waals surface area contributed by atoms with Crippen LogP contribution in [0.5, 0.6) is 5.75 Å². The maximum atomic E-state index is 13.8. The predicted molar refractivity (Wildman–Crippen MR) is 184 cm³/mol. The third-order valence-corrected chi connectivity index (χ3v) is 8.35. The quantitative estimate of drug-likeness (QED) is 0.0994. The Morgan fingerprint density at radius 1 is 1.02 bits per heavy atom. The first-order valence-electron chi connectivity index (χ1n) is 16.1. The number of carboxylic acid groups (broad SMARTS) is 1. The summed E-state index contributed by atoms with van der Waals surface area (Å²) in [6.45, 7) is 12.1. The van der Waals surface area contributed by atoms with Crippen LogP contribution < -0.4 is 4.74 Å². The monoisotopic (exact) mass is 643 g/mol. The van der Waals surface area contributed by atoms with Gasteiger partial charge in [0.2, 0.25) is 0 Å². The summed E-state index contributed by atoms with van der Waals surface area (Å²) in [7, 11) is 0. The third kappa shape index (κ3) is 9.10. The lowest BCUT2D eigenvalue weighted by Crippen LogP contribution is -2.33. The van der Waals surface area contributed by atoms with E-state index in [0.29, 0.717) is 19.4 Å². The van der Waals surface area contributed by atoms with E-state index in [1.54, 1.807) is 32.1 Å². The van der Waals surface area contributed by atoms with Crippen molar-refractivity contribution in [2.45, 2.75) is 85.5 Å². The Hall–Kier alpha value is -4.43. The number of esters is 1. The number of aliphatic carboxylic acids is 1. The van der Waals surface area contributed by atoms with Gasteiger partial charge in [-0.15, -0.1) is 0 Å². The van der Waals surface area contributed by atoms with E-state index in [4.69, 9.17) is 9.47 Å². The lowest BCUT2D eigenvalue weighted by Gasteiger charge is -2.26. The number of hydrogen-bond acceptors (Lipinski definition) is 5. The lowest BCUT2D eigenvalue weighted by atomic mass is 9.88. The maximum Gasteiger partial charge on any atom is 0.311 e. The highest BCUT2D eigenvalue weighted by molar-refractivity contribution is 6.01. The van der Waals surface area contributed by atoms with Gasteiger partial charge in [-0.05, 0) is 101 Å². The van der Waals surface area contributed by atoms with Crippen LogP contribution in [0.3, 0.4) is 0 Å². The number of aryl methyl sites for hydroxylation is 2. The molecule has 0 fully saturated rings. The van der Waals surface area contributed by atoms with Crippen LogP contribution in [-0.4, -0.2) is 45.5 Å². The average molecular weight is 644 g/mol. The van der Waals surface area contributed by atoms with Crippen molar-refractivity contribution in [2.24, 2.45) is 5.41 Å². The fourth-order valence-corrected chi connectivity index (χ4v) is 5.81. The first kappa shape index (κ1) is 35.4. The van der Waals surface area contributed by atoms with Gasteiger partial charge in [-0.25, -0.2) is 4.39 Å². The molecule has 7 nitrogen and oxygen atoms in total. The number of aromatic nitrogens is 1. The molecule has 0 saturated heterocycles. The second kappa shape index (κ2) is 15.4. The number of para-hydroxylation sites is 1. The molecule has 0 aliphatic carbocycles. The number of aliphatic hydroxyl groups is 1. The zero-order valence-corrected chi connectivity index (χ0v) is 28.1. The Morgan fingerprint density at radius 2 is 1.72 bits per heavy atom. The molecule has 0 aliphatic heterocycles. The average Bonchev–Trinajstić information content (AvgIpc) is 3.34. The highest BCUT2D eigenvalue weighted by Crippen LogP contribution is 2.38. The van der Waals surface area contributed by atoms with Crippen LogP contribution in [0, 0.1) is 25.1 Å². The zero-order valence-electron chi connectivity index (χ0n) is 28.1. The summed E-state index contributed by atoms with van der Waals surface area (Å²) in [6.07, 6.45) is 1.83. The first-order chi connectivity index (χ1) is 22.3. The zero-order chi connectivity index (χ0) is 34.3. The SMILES string of the molecule is Cc1ccc(C)c(OCCCC(C)(C)C(=O)O[C@H](CC(=O)O)C[C@@H](O)C=Cc2c(-c3ccc(F)cc3)c3ccccc3n2C(C)C)c1. The Labute approximate surface area is 276 Å². The summed E-state index contributed by atoms with van der Waals surface area (Å²) in [5, 5.41) is 21.6. The van der Waals surface area contributed by atoms with Crippen LogP contribution >= 0.6 is 0 Å². The largest absolute Gasteiger partial charge is 0.493 e. The van der Waals surface area contributed by atoms with Gasteiger partial charge < -0.3 is 24.3 Å². The number of carbonyl (C=O) groups is 2. The second-order valence-corrected chi connectivity index (χ2v) is 13.1. The van der Waals surface area contributed by atoms with Crippen molar-refractivity contribution in [2.75, 3.05) is 6.61 Å². The third-order valence-electron chi connectivity index (χ3n) is 8.35. The van der Waals surface area contributed by atoms with Crippen molar-refractivity contribution in [1.29, 1.82) is 0 Å². The van der Waals surface area contributed by atoms with E-state index in [1.807, 2.05) is 62.4 Å². The number of nitrogens with zero attached hydrogens (tertiary/aromatic N) is 1. The molecule has 2 atom stereocenters. The highest BCUT2D eigenvalue weighted by atomic mass is 19.1. The molecule has 0 radical (unpaired) electrons. The molecule has 4 rings (SSSR count). The fraction of sp³-hybridized carbons (Fsp3) is 0.385. The van der Waals surface area contributed by atoms with E-state index in [9.17, 15) is 24.2 Å². The van der Waals surface area contributed by atoms with E-state index in [0.717, 1.165) is 44.6 Å². The van der Waals surface area contributed by atoms with Gasteiger partial charge >= 0.3 is 11.9 Å². The minimum atomic E-state index is -1.13. The number of hydrogen-bond donors (Lipinski definition) is 2. The molecule has 0 bridgehead atoms. The first-order valence-corrected chi connectivity index (χ1v) is 16.1. The van der Waals surface area contributed by atoms with E-state index < -0.39 is 36.0 Å². The van der Waals surface area contributed by atoms with E-state index in [2.05, 4.69) is 18.4 Å². The molecule has 2 N–H and O–H groups in total. The Balaban J connectivity index is 1.48. The molecule has 0 spiro atoms. The standard InChI is InChI=1S/C39H46FNO6/c1-25(2)41-33-11-8-7-10-32(33)37(28-14-16-29(40)17-15-28)34(41)19-18-30(42)23-31(24-36(43)44)47-38(45)39(5,6)20-9-21-46-35-22-26(3)12-13-27(35)4/h7-8,10-19,22,25,30-31,42H,9,20-21,23-24H2,1-6H3,(H,43,44)/t30-,31-/m0/s1. The number of carboxylic acids is 1. The molecule has 0 amide bonds. The van der Waals surface area contributed by atoms with E-state index in [1.165, 1.54) is 12.1 Å². The van der Waals surface area contributed by atoms with Gasteiger partial charge in [-0.1, -0.05) is 48.5 Å². The minimum Gasteiger partial charge on any atom is -0.493 e. The van der Waals surface area contributed by atoms with Crippen molar-refractivity contribution in [1.82, 2.24) is 4.57 Å². The minimum absolute atomic E-state index is 0.0695. The molecule has 47 heavy (non-hydrogen) atoms. The Morgan fingerprint density at radius 3 is 2.40 bits per heavy atom. The summed E-state index contributed by atoms with van der Waals surface area (Å²) >= 11 is 0. The molecule has 250 valence electrons. The molecule has 0 aliphatic rings. The van der Waals surface area contributed by atoms with Crippen LogP contribution in [0.2, 0.25) is 0 Å². The molecule has 1 aromatic heterocycles.